The molecule has 5 aliphatic carbocycles. The fourth-order valence-electron chi connectivity index (χ4n) is 13.5. The maximum atomic E-state index is 12.8. The maximum absolute atomic E-state index is 12.8. The monoisotopic (exact) mass is 630 g/mol. The predicted molar refractivity (Wildman–Crippen MR) is 168 cm³/mol. The first-order valence-corrected chi connectivity index (χ1v) is 17.5. The molecule has 254 valence electrons. The van der Waals surface area contributed by atoms with E-state index in [1.165, 1.54) is 20.8 Å². The van der Waals surface area contributed by atoms with Crippen molar-refractivity contribution in [1.82, 2.24) is 0 Å². The summed E-state index contributed by atoms with van der Waals surface area (Å²) in [4.78, 5) is 37.7. The number of fused-ring (bicyclic) bond motifs is 2. The molecule has 1 N–H and O–H groups in total. The largest absolute Gasteiger partial charge is 0.462 e. The van der Waals surface area contributed by atoms with Crippen molar-refractivity contribution < 1.29 is 38.4 Å². The standard InChI is InChI=1S/C37H58O8/c1-21(38)42-24-19-33(9)25-18-28(44-23(3)40)35(11)30(4,5)26(43-22(2)39)13-15-37(35)20-36(25,37)17-16-32(33,8)29(24)34(10)14-12-27(45-34)31(6,7)41/h24-29,41H,12-20H2,1-11H3/t24-,25+,26-,27-,28-,29-,32+,33-,34+,35-,36-,37+/m0/s1. The lowest BCUT2D eigenvalue weighted by Crippen LogP contribution is -2.67. The molecule has 1 heterocycles. The molecule has 0 unspecified atom stereocenters. The van der Waals surface area contributed by atoms with E-state index in [1.807, 2.05) is 13.8 Å². The molecule has 2 spiro atoms. The minimum atomic E-state index is -0.961. The van der Waals surface area contributed by atoms with Gasteiger partial charge in [0.2, 0.25) is 0 Å². The fraction of sp³-hybridized carbons (Fsp3) is 0.919. The van der Waals surface area contributed by atoms with Crippen LogP contribution in [0.15, 0.2) is 0 Å². The van der Waals surface area contributed by atoms with Crippen LogP contribution in [0.1, 0.15) is 134 Å². The van der Waals surface area contributed by atoms with Crippen LogP contribution in [0.3, 0.4) is 0 Å². The summed E-state index contributed by atoms with van der Waals surface area (Å²) in [6.07, 6.45) is 6.78. The van der Waals surface area contributed by atoms with Crippen LogP contribution in [-0.4, -0.2) is 58.6 Å². The molecule has 8 nitrogen and oxygen atoms in total. The van der Waals surface area contributed by atoms with Gasteiger partial charge in [-0.2, -0.15) is 0 Å². The first-order chi connectivity index (χ1) is 20.5. The highest BCUT2D eigenvalue weighted by Crippen LogP contribution is 2.92. The quantitative estimate of drug-likeness (QED) is 0.270. The molecule has 6 rings (SSSR count). The Morgan fingerprint density at radius 1 is 0.778 bits per heavy atom. The summed E-state index contributed by atoms with van der Waals surface area (Å²) < 4.78 is 25.5. The van der Waals surface area contributed by atoms with E-state index >= 15 is 0 Å². The van der Waals surface area contributed by atoms with Gasteiger partial charge in [0.1, 0.15) is 18.3 Å². The second-order valence-electron chi connectivity index (χ2n) is 18.1. The lowest BCUT2D eigenvalue weighted by molar-refractivity contribution is -0.258. The molecular weight excluding hydrogens is 572 g/mol. The van der Waals surface area contributed by atoms with Crippen LogP contribution in [0, 0.1) is 44.3 Å². The van der Waals surface area contributed by atoms with Gasteiger partial charge >= 0.3 is 17.9 Å². The lowest BCUT2D eigenvalue weighted by atomic mass is 9.37. The van der Waals surface area contributed by atoms with E-state index < -0.39 is 16.6 Å². The highest BCUT2D eigenvalue weighted by Gasteiger charge is 2.89. The van der Waals surface area contributed by atoms with E-state index in [-0.39, 0.29) is 81.2 Å². The van der Waals surface area contributed by atoms with Crippen molar-refractivity contribution in [3.05, 3.63) is 0 Å². The van der Waals surface area contributed by atoms with Crippen molar-refractivity contribution in [1.29, 1.82) is 0 Å². The van der Waals surface area contributed by atoms with E-state index in [2.05, 4.69) is 41.5 Å². The Balaban J connectivity index is 1.44. The Morgan fingerprint density at radius 2 is 1.38 bits per heavy atom. The molecule has 8 heteroatoms. The molecule has 5 saturated carbocycles. The fourth-order valence-corrected chi connectivity index (χ4v) is 13.5. The van der Waals surface area contributed by atoms with E-state index in [9.17, 15) is 19.5 Å². The lowest BCUT2D eigenvalue weighted by Gasteiger charge is -2.68. The smallest absolute Gasteiger partial charge is 0.302 e. The molecule has 0 aromatic carbocycles. The van der Waals surface area contributed by atoms with Crippen LogP contribution in [-0.2, 0) is 33.3 Å². The van der Waals surface area contributed by atoms with Gasteiger partial charge < -0.3 is 24.1 Å². The van der Waals surface area contributed by atoms with Gasteiger partial charge in [-0.1, -0.05) is 34.6 Å². The van der Waals surface area contributed by atoms with E-state index in [0.29, 0.717) is 0 Å². The number of carbonyl (C=O) groups is 3. The SMILES string of the molecule is CC(=O)O[C@H]1C[C@@]2(C)[C@H]3C[C@H](OC(C)=O)[C@@]4(C)C(C)(C)[C@@H](OC(C)=O)CC[C@@]45C[C@@]35CC[C@]2(C)[C@H]1[C@@]1(C)CC[C@@H](C(C)(C)O)O1. The molecule has 0 aromatic heterocycles. The minimum Gasteiger partial charge on any atom is -0.462 e. The third-order valence-corrected chi connectivity index (χ3v) is 15.7. The summed E-state index contributed by atoms with van der Waals surface area (Å²) in [7, 11) is 0. The van der Waals surface area contributed by atoms with Crippen LogP contribution >= 0.6 is 0 Å². The van der Waals surface area contributed by atoms with Crippen molar-refractivity contribution in [3.63, 3.8) is 0 Å². The Hall–Kier alpha value is -1.67. The zero-order valence-electron chi connectivity index (χ0n) is 29.6. The number of ether oxygens (including phenoxy) is 4. The van der Waals surface area contributed by atoms with Crippen LogP contribution in [0.2, 0.25) is 0 Å². The average Bonchev–Trinajstić information content (AvgIpc) is 3.27. The normalized spacial score (nSPS) is 51.2. The van der Waals surface area contributed by atoms with Crippen LogP contribution in [0.4, 0.5) is 0 Å². The zero-order chi connectivity index (χ0) is 33.4. The highest BCUT2D eigenvalue weighted by atomic mass is 16.6. The van der Waals surface area contributed by atoms with Gasteiger partial charge in [0.25, 0.3) is 0 Å². The van der Waals surface area contributed by atoms with Gasteiger partial charge in [0, 0.05) is 37.5 Å². The summed E-state index contributed by atoms with van der Waals surface area (Å²) >= 11 is 0. The summed E-state index contributed by atoms with van der Waals surface area (Å²) in [6.45, 7) is 21.9. The zero-order valence-corrected chi connectivity index (χ0v) is 29.6. The molecule has 1 saturated heterocycles. The molecule has 0 radical (unpaired) electrons. The molecule has 1 aliphatic heterocycles. The third kappa shape index (κ3) is 4.12. The minimum absolute atomic E-state index is 0.0325. The third-order valence-electron chi connectivity index (χ3n) is 15.7. The maximum Gasteiger partial charge on any atom is 0.302 e. The summed E-state index contributed by atoms with van der Waals surface area (Å²) in [5, 5.41) is 10.9. The Morgan fingerprint density at radius 3 is 1.93 bits per heavy atom. The van der Waals surface area contributed by atoms with E-state index in [4.69, 9.17) is 18.9 Å². The van der Waals surface area contributed by atoms with Crippen molar-refractivity contribution in [2.75, 3.05) is 0 Å². The second kappa shape index (κ2) is 9.70. The van der Waals surface area contributed by atoms with Crippen LogP contribution in [0.25, 0.3) is 0 Å². The number of hydrogen-bond acceptors (Lipinski definition) is 8. The van der Waals surface area contributed by atoms with Gasteiger partial charge in [0.05, 0.1) is 17.3 Å². The number of aliphatic hydroxyl groups is 1. The van der Waals surface area contributed by atoms with Crippen LogP contribution < -0.4 is 0 Å². The second-order valence-corrected chi connectivity index (χ2v) is 18.1. The van der Waals surface area contributed by atoms with Gasteiger partial charge in [-0.15, -0.1) is 0 Å². The first-order valence-electron chi connectivity index (χ1n) is 17.5. The number of esters is 3. The predicted octanol–water partition coefficient (Wildman–Crippen LogP) is 6.54. The summed E-state index contributed by atoms with van der Waals surface area (Å²) in [5.74, 6) is -0.575. The van der Waals surface area contributed by atoms with Crippen molar-refractivity contribution >= 4 is 17.9 Å². The first kappa shape index (κ1) is 33.2. The molecule has 12 atom stereocenters. The van der Waals surface area contributed by atoms with Crippen LogP contribution in [0.5, 0.6) is 0 Å². The highest BCUT2D eigenvalue weighted by molar-refractivity contribution is 5.67. The molecule has 6 aliphatic rings. The average molecular weight is 631 g/mol. The van der Waals surface area contributed by atoms with Crippen molar-refractivity contribution in [3.8, 4) is 0 Å². The number of hydrogen-bond donors (Lipinski definition) is 1. The Bertz CT molecular complexity index is 1290. The van der Waals surface area contributed by atoms with Crippen molar-refractivity contribution in [2.45, 2.75) is 170 Å². The molecule has 0 bridgehead atoms. The molecular formula is C37H58O8. The topological polar surface area (TPSA) is 108 Å². The van der Waals surface area contributed by atoms with Gasteiger partial charge in [-0.3, -0.25) is 14.4 Å². The van der Waals surface area contributed by atoms with Gasteiger partial charge in [-0.05, 0) is 106 Å². The number of rotatable bonds is 5. The molecule has 45 heavy (non-hydrogen) atoms. The van der Waals surface area contributed by atoms with Crippen molar-refractivity contribution in [2.24, 2.45) is 44.3 Å². The molecule has 0 amide bonds. The molecule has 0 aromatic rings. The summed E-state index contributed by atoms with van der Waals surface area (Å²) in [5.41, 5.74) is -2.65. The Labute approximate surface area is 270 Å². The molecule has 6 fully saturated rings. The van der Waals surface area contributed by atoms with E-state index in [0.717, 1.165) is 57.8 Å². The van der Waals surface area contributed by atoms with E-state index in [1.54, 1.807) is 0 Å². The number of carbonyl (C=O) groups excluding carboxylic acids is 3. The van der Waals surface area contributed by atoms with Gasteiger partial charge in [-0.25, -0.2) is 0 Å². The summed E-state index contributed by atoms with van der Waals surface area (Å²) in [6, 6.07) is 0. The van der Waals surface area contributed by atoms with Gasteiger partial charge in [0.15, 0.2) is 0 Å². The Kier molecular flexibility index (Phi) is 7.17.